The molecule has 1 heteroatoms. The van der Waals surface area contributed by atoms with Gasteiger partial charge in [-0.15, -0.1) is 0 Å². The molecule has 0 saturated carbocycles. The molecule has 0 spiro atoms. The Balaban J connectivity index is 1.99. The summed E-state index contributed by atoms with van der Waals surface area (Å²) >= 11 is 0. The van der Waals surface area contributed by atoms with Crippen LogP contribution in [0.5, 0.6) is 0 Å². The van der Waals surface area contributed by atoms with Crippen LogP contribution in [0.2, 0.25) is 0 Å². The second kappa shape index (κ2) is 7.21. The summed E-state index contributed by atoms with van der Waals surface area (Å²) in [6, 6.07) is 33.3. The Morgan fingerprint density at radius 2 is 1.04 bits per heavy atom. The molecule has 1 aliphatic carbocycles. The summed E-state index contributed by atoms with van der Waals surface area (Å²) in [4.78, 5) is 0. The van der Waals surface area contributed by atoms with Crippen molar-refractivity contribution in [1.82, 2.24) is 0 Å². The van der Waals surface area contributed by atoms with E-state index in [1.54, 1.807) is 0 Å². The van der Waals surface area contributed by atoms with Crippen LogP contribution in [0.4, 0.5) is 0 Å². The highest BCUT2D eigenvalue weighted by Crippen LogP contribution is 2.56. The van der Waals surface area contributed by atoms with E-state index in [4.69, 9.17) is 0 Å². The molecule has 25 heavy (non-hydrogen) atoms. The first-order valence-corrected chi connectivity index (χ1v) is 10.8. The van der Waals surface area contributed by atoms with Gasteiger partial charge in [0.25, 0.3) is 0 Å². The second-order valence-electron chi connectivity index (χ2n) is 6.39. The van der Waals surface area contributed by atoms with E-state index >= 15 is 0 Å². The van der Waals surface area contributed by atoms with Crippen molar-refractivity contribution in [3.63, 3.8) is 0 Å². The van der Waals surface area contributed by atoms with Crippen LogP contribution in [-0.2, 0) is 0 Å². The molecular weight excluding hydrogens is 319 g/mol. The zero-order valence-corrected chi connectivity index (χ0v) is 15.1. The van der Waals surface area contributed by atoms with Crippen LogP contribution >= 0.6 is 7.26 Å². The molecule has 3 aromatic carbocycles. The predicted octanol–water partition coefficient (Wildman–Crippen LogP) is 4.87. The van der Waals surface area contributed by atoms with Gasteiger partial charge in [0.2, 0.25) is 0 Å². The van der Waals surface area contributed by atoms with Crippen molar-refractivity contribution < 1.29 is 0 Å². The zero-order valence-electron chi connectivity index (χ0n) is 14.3. The molecule has 0 radical (unpaired) electrons. The van der Waals surface area contributed by atoms with E-state index in [-0.39, 0.29) is 0 Å². The minimum absolute atomic E-state index is 1.06. The van der Waals surface area contributed by atoms with Gasteiger partial charge in [-0.25, -0.2) is 0 Å². The van der Waals surface area contributed by atoms with Gasteiger partial charge < -0.3 is 0 Å². The number of hydrogen-bond donors (Lipinski definition) is 0. The number of benzene rings is 3. The standard InChI is InChI=1S/C24H22P/c1-4-14-22(15-5-1)25(20-21-12-10-11-13-21,23-16-6-2-7-17-23)24-18-8-3-9-19-24/h1-10,12-19H,11,20H2/q+1. The fraction of sp³-hybridized carbons (Fsp3) is 0.0833. The lowest BCUT2D eigenvalue weighted by Crippen LogP contribution is -2.33. The van der Waals surface area contributed by atoms with Gasteiger partial charge in [-0.1, -0.05) is 72.8 Å². The average Bonchev–Trinajstić information content (AvgIpc) is 3.21. The first kappa shape index (κ1) is 16.1. The summed E-state index contributed by atoms with van der Waals surface area (Å²) in [6.45, 7) is 0. The molecule has 0 nitrogen and oxygen atoms in total. The highest BCUT2D eigenvalue weighted by molar-refractivity contribution is 7.95. The molecule has 122 valence electrons. The maximum Gasteiger partial charge on any atom is 0.116 e. The summed E-state index contributed by atoms with van der Waals surface area (Å²) in [5.74, 6) is 0. The molecule has 0 aliphatic heterocycles. The minimum atomic E-state index is -1.72. The molecular formula is C24H22P+. The summed E-state index contributed by atoms with van der Waals surface area (Å²) in [5.41, 5.74) is 1.46. The third-order valence-electron chi connectivity index (χ3n) is 4.86. The monoisotopic (exact) mass is 341 g/mol. The van der Waals surface area contributed by atoms with E-state index in [1.807, 2.05) is 0 Å². The van der Waals surface area contributed by atoms with Crippen LogP contribution in [0, 0.1) is 0 Å². The Bertz CT molecular complexity index is 780. The summed E-state index contributed by atoms with van der Waals surface area (Å²) in [7, 11) is -1.72. The molecule has 0 aromatic heterocycles. The Labute approximate surface area is 150 Å². The van der Waals surface area contributed by atoms with Crippen molar-refractivity contribution >= 4 is 23.2 Å². The van der Waals surface area contributed by atoms with Crippen molar-refractivity contribution in [2.45, 2.75) is 6.42 Å². The highest BCUT2D eigenvalue weighted by Gasteiger charge is 2.45. The van der Waals surface area contributed by atoms with Gasteiger partial charge in [0, 0.05) is 0 Å². The van der Waals surface area contributed by atoms with E-state index in [0.29, 0.717) is 0 Å². The molecule has 0 N–H and O–H groups in total. The van der Waals surface area contributed by atoms with Crippen molar-refractivity contribution in [3.8, 4) is 0 Å². The van der Waals surface area contributed by atoms with E-state index < -0.39 is 7.26 Å². The second-order valence-corrected chi connectivity index (χ2v) is 9.88. The maximum absolute atomic E-state index is 2.38. The van der Waals surface area contributed by atoms with Crippen molar-refractivity contribution in [2.24, 2.45) is 0 Å². The van der Waals surface area contributed by atoms with E-state index in [2.05, 4.69) is 109 Å². The molecule has 0 bridgehead atoms. The number of allylic oxidation sites excluding steroid dienone is 4. The first-order chi connectivity index (χ1) is 12.4. The molecule has 0 amide bonds. The Kier molecular flexibility index (Phi) is 4.63. The molecule has 0 heterocycles. The largest absolute Gasteiger partial charge is 0.116 e. The van der Waals surface area contributed by atoms with Gasteiger partial charge in [-0.05, 0) is 48.4 Å². The predicted molar refractivity (Wildman–Crippen MR) is 112 cm³/mol. The van der Waals surface area contributed by atoms with Crippen molar-refractivity contribution in [3.05, 3.63) is 115 Å². The lowest BCUT2D eigenvalue weighted by Gasteiger charge is -2.27. The Hall–Kier alpha value is -2.43. The quantitative estimate of drug-likeness (QED) is 0.581. The summed E-state index contributed by atoms with van der Waals surface area (Å²) < 4.78 is 0. The van der Waals surface area contributed by atoms with Crippen LogP contribution < -0.4 is 15.9 Å². The SMILES string of the molecule is C1=CC(C[P+](c2ccccc2)(c2ccccc2)c2ccccc2)=CC1. The summed E-state index contributed by atoms with van der Waals surface area (Å²) in [5, 5.41) is 4.36. The zero-order chi connectivity index (χ0) is 17.0. The van der Waals surface area contributed by atoms with Crippen LogP contribution in [0.1, 0.15) is 6.42 Å². The normalized spacial score (nSPS) is 13.7. The smallest absolute Gasteiger partial charge is 0.0803 e. The van der Waals surface area contributed by atoms with Crippen LogP contribution in [-0.4, -0.2) is 6.16 Å². The molecule has 1 aliphatic rings. The molecule has 0 unspecified atom stereocenters. The van der Waals surface area contributed by atoms with Crippen LogP contribution in [0.15, 0.2) is 115 Å². The summed E-state index contributed by atoms with van der Waals surface area (Å²) in [6.07, 6.45) is 9.10. The molecule has 0 atom stereocenters. The van der Waals surface area contributed by atoms with Gasteiger partial charge in [0.05, 0.1) is 6.16 Å². The number of hydrogen-bond acceptors (Lipinski definition) is 0. The minimum Gasteiger partial charge on any atom is -0.0803 e. The van der Waals surface area contributed by atoms with E-state index in [0.717, 1.165) is 12.6 Å². The lowest BCUT2D eigenvalue weighted by atomic mass is 10.3. The lowest BCUT2D eigenvalue weighted by molar-refractivity contribution is 1.42. The van der Waals surface area contributed by atoms with Crippen molar-refractivity contribution in [1.29, 1.82) is 0 Å². The van der Waals surface area contributed by atoms with Gasteiger partial charge in [0.15, 0.2) is 0 Å². The van der Waals surface area contributed by atoms with Gasteiger partial charge >= 0.3 is 0 Å². The van der Waals surface area contributed by atoms with E-state index in [9.17, 15) is 0 Å². The molecule has 0 saturated heterocycles. The van der Waals surface area contributed by atoms with Crippen molar-refractivity contribution in [2.75, 3.05) is 6.16 Å². The average molecular weight is 341 g/mol. The first-order valence-electron chi connectivity index (χ1n) is 8.80. The highest BCUT2D eigenvalue weighted by atomic mass is 31.2. The topological polar surface area (TPSA) is 0 Å². The van der Waals surface area contributed by atoms with Gasteiger partial charge in [-0.3, -0.25) is 0 Å². The third kappa shape index (κ3) is 3.11. The van der Waals surface area contributed by atoms with Crippen LogP contribution in [0.25, 0.3) is 0 Å². The third-order valence-corrected chi connectivity index (χ3v) is 9.24. The van der Waals surface area contributed by atoms with Gasteiger partial charge in [0.1, 0.15) is 23.2 Å². The fourth-order valence-corrected chi connectivity index (χ4v) is 7.93. The number of rotatable bonds is 5. The van der Waals surface area contributed by atoms with Gasteiger partial charge in [-0.2, -0.15) is 0 Å². The molecule has 3 aromatic rings. The fourth-order valence-electron chi connectivity index (χ4n) is 3.67. The molecule has 4 rings (SSSR count). The van der Waals surface area contributed by atoms with Crippen LogP contribution in [0.3, 0.4) is 0 Å². The molecule has 0 fully saturated rings. The Morgan fingerprint density at radius 1 is 0.600 bits per heavy atom. The Morgan fingerprint density at radius 3 is 1.40 bits per heavy atom. The maximum atomic E-state index is 2.38. The van der Waals surface area contributed by atoms with E-state index in [1.165, 1.54) is 21.5 Å².